The summed E-state index contributed by atoms with van der Waals surface area (Å²) in [5.74, 6) is 1.61. The van der Waals surface area contributed by atoms with Crippen molar-refractivity contribution in [1.29, 1.82) is 0 Å². The predicted octanol–water partition coefficient (Wildman–Crippen LogP) is 2.69. The first-order valence-electron chi connectivity index (χ1n) is 7.34. The van der Waals surface area contributed by atoms with Gasteiger partial charge in [0.05, 0.1) is 0 Å². The summed E-state index contributed by atoms with van der Waals surface area (Å²) in [6.45, 7) is 7.90. The standard InChI is InChI=1S/C16H24N2O3/c1-16(2,3)10-18-15(19)17-8-4-5-12-6-7-13-14(9-12)21-11-20-13/h6-7,9H,4-5,8,10-11H2,1-3H3,(H2,17,18,19). The van der Waals surface area contributed by atoms with Crippen molar-refractivity contribution in [3.05, 3.63) is 23.8 Å². The van der Waals surface area contributed by atoms with Crippen LogP contribution >= 0.6 is 0 Å². The van der Waals surface area contributed by atoms with E-state index in [1.54, 1.807) is 0 Å². The van der Waals surface area contributed by atoms with Crippen molar-refractivity contribution in [2.45, 2.75) is 33.6 Å². The van der Waals surface area contributed by atoms with E-state index < -0.39 is 0 Å². The SMILES string of the molecule is CC(C)(C)CNC(=O)NCCCc1ccc2c(c1)OCO2. The monoisotopic (exact) mass is 292 g/mol. The van der Waals surface area contributed by atoms with Gasteiger partial charge in [0, 0.05) is 13.1 Å². The number of rotatable bonds is 5. The first-order chi connectivity index (χ1) is 9.94. The van der Waals surface area contributed by atoms with Crippen molar-refractivity contribution >= 4 is 6.03 Å². The highest BCUT2D eigenvalue weighted by molar-refractivity contribution is 5.73. The number of carbonyl (C=O) groups is 1. The molecule has 0 unspecified atom stereocenters. The Labute approximate surface area is 126 Å². The van der Waals surface area contributed by atoms with Gasteiger partial charge in [-0.2, -0.15) is 0 Å². The molecule has 2 N–H and O–H groups in total. The van der Waals surface area contributed by atoms with Crippen LogP contribution in [0.25, 0.3) is 0 Å². The average molecular weight is 292 g/mol. The molecular formula is C16H24N2O3. The lowest BCUT2D eigenvalue weighted by Crippen LogP contribution is -2.40. The van der Waals surface area contributed by atoms with Crippen LogP contribution in [0.5, 0.6) is 11.5 Å². The number of amides is 2. The molecule has 0 atom stereocenters. The van der Waals surface area contributed by atoms with Gasteiger partial charge in [-0.3, -0.25) is 0 Å². The van der Waals surface area contributed by atoms with E-state index in [0.717, 1.165) is 24.3 Å². The number of hydrogen-bond acceptors (Lipinski definition) is 3. The fourth-order valence-corrected chi connectivity index (χ4v) is 2.00. The molecule has 0 radical (unpaired) electrons. The molecule has 0 aliphatic carbocycles. The van der Waals surface area contributed by atoms with Crippen molar-refractivity contribution in [2.75, 3.05) is 19.9 Å². The molecule has 5 heteroatoms. The molecule has 5 nitrogen and oxygen atoms in total. The number of nitrogens with one attached hydrogen (secondary N) is 2. The number of fused-ring (bicyclic) bond motifs is 1. The van der Waals surface area contributed by atoms with Gasteiger partial charge in [0.2, 0.25) is 6.79 Å². The zero-order chi connectivity index (χ0) is 15.3. The molecule has 2 amide bonds. The van der Waals surface area contributed by atoms with Gasteiger partial charge in [-0.1, -0.05) is 26.8 Å². The van der Waals surface area contributed by atoms with Gasteiger partial charge in [-0.05, 0) is 36.0 Å². The van der Waals surface area contributed by atoms with Crippen LogP contribution in [-0.4, -0.2) is 25.9 Å². The Hall–Kier alpha value is -1.91. The van der Waals surface area contributed by atoms with Gasteiger partial charge in [0.15, 0.2) is 11.5 Å². The Balaban J connectivity index is 1.64. The molecule has 0 bridgehead atoms. The van der Waals surface area contributed by atoms with Crippen LogP contribution in [0.1, 0.15) is 32.8 Å². The van der Waals surface area contributed by atoms with Crippen LogP contribution in [-0.2, 0) is 6.42 Å². The minimum atomic E-state index is -0.101. The van der Waals surface area contributed by atoms with Gasteiger partial charge in [-0.15, -0.1) is 0 Å². The van der Waals surface area contributed by atoms with Gasteiger partial charge < -0.3 is 20.1 Å². The summed E-state index contributed by atoms with van der Waals surface area (Å²) in [5, 5.41) is 5.74. The second kappa shape index (κ2) is 6.70. The third-order valence-corrected chi connectivity index (χ3v) is 3.14. The van der Waals surface area contributed by atoms with Gasteiger partial charge in [0.1, 0.15) is 0 Å². The number of benzene rings is 1. The van der Waals surface area contributed by atoms with Crippen LogP contribution < -0.4 is 20.1 Å². The van der Waals surface area contributed by atoms with Crippen LogP contribution in [0.2, 0.25) is 0 Å². The summed E-state index contributed by atoms with van der Waals surface area (Å²) in [5.41, 5.74) is 1.29. The lowest BCUT2D eigenvalue weighted by Gasteiger charge is -2.18. The molecule has 1 heterocycles. The summed E-state index contributed by atoms with van der Waals surface area (Å²) < 4.78 is 10.6. The lowest BCUT2D eigenvalue weighted by atomic mass is 9.97. The maximum Gasteiger partial charge on any atom is 0.314 e. The maximum absolute atomic E-state index is 11.6. The number of ether oxygens (including phenoxy) is 2. The molecule has 1 aromatic carbocycles. The molecule has 0 saturated carbocycles. The van der Waals surface area contributed by atoms with Crippen molar-refractivity contribution in [3.63, 3.8) is 0 Å². The molecule has 0 spiro atoms. The second-order valence-electron chi connectivity index (χ2n) is 6.46. The quantitative estimate of drug-likeness (QED) is 0.820. The Bertz CT molecular complexity index is 495. The average Bonchev–Trinajstić information content (AvgIpc) is 2.88. The molecule has 1 aliphatic heterocycles. The van der Waals surface area contributed by atoms with Crippen LogP contribution in [0.15, 0.2) is 18.2 Å². The summed E-state index contributed by atoms with van der Waals surface area (Å²) in [6.07, 6.45) is 1.79. The molecular weight excluding hydrogens is 268 g/mol. The second-order valence-corrected chi connectivity index (χ2v) is 6.46. The molecule has 1 aliphatic rings. The third-order valence-electron chi connectivity index (χ3n) is 3.14. The number of urea groups is 1. The first-order valence-corrected chi connectivity index (χ1v) is 7.34. The first kappa shape index (κ1) is 15.5. The van der Waals surface area contributed by atoms with Crippen molar-refractivity contribution in [1.82, 2.24) is 10.6 Å². The summed E-state index contributed by atoms with van der Waals surface area (Å²) >= 11 is 0. The van der Waals surface area contributed by atoms with Gasteiger partial charge >= 0.3 is 6.03 Å². The van der Waals surface area contributed by atoms with Crippen LogP contribution in [0.4, 0.5) is 4.79 Å². The van der Waals surface area contributed by atoms with E-state index in [1.165, 1.54) is 5.56 Å². The Morgan fingerprint density at radius 3 is 2.71 bits per heavy atom. The van der Waals surface area contributed by atoms with Gasteiger partial charge in [0.25, 0.3) is 0 Å². The smallest absolute Gasteiger partial charge is 0.314 e. The molecule has 2 rings (SSSR count). The predicted molar refractivity (Wildman–Crippen MR) is 81.7 cm³/mol. The molecule has 0 saturated heterocycles. The Morgan fingerprint density at radius 1 is 1.19 bits per heavy atom. The molecule has 116 valence electrons. The highest BCUT2D eigenvalue weighted by Crippen LogP contribution is 2.32. The normalized spacial score (nSPS) is 13.1. The minimum Gasteiger partial charge on any atom is -0.454 e. The Kier molecular flexibility index (Phi) is 4.94. The van der Waals surface area contributed by atoms with Crippen LogP contribution in [0.3, 0.4) is 0 Å². The number of carbonyl (C=O) groups excluding carboxylic acids is 1. The van der Waals surface area contributed by atoms with Crippen LogP contribution in [0, 0.1) is 5.41 Å². The van der Waals surface area contributed by atoms with Gasteiger partial charge in [-0.25, -0.2) is 4.79 Å². The van der Waals surface area contributed by atoms with E-state index in [9.17, 15) is 4.79 Å². The lowest BCUT2D eigenvalue weighted by molar-refractivity contribution is 0.174. The maximum atomic E-state index is 11.6. The zero-order valence-corrected chi connectivity index (χ0v) is 13.0. The zero-order valence-electron chi connectivity index (χ0n) is 13.0. The summed E-state index contributed by atoms with van der Waals surface area (Å²) in [7, 11) is 0. The topological polar surface area (TPSA) is 59.6 Å². The number of aryl methyl sites for hydroxylation is 1. The summed E-state index contributed by atoms with van der Waals surface area (Å²) in [4.78, 5) is 11.6. The van der Waals surface area contributed by atoms with E-state index in [4.69, 9.17) is 9.47 Å². The van der Waals surface area contributed by atoms with E-state index >= 15 is 0 Å². The fourth-order valence-electron chi connectivity index (χ4n) is 2.00. The van der Waals surface area contributed by atoms with Crippen molar-refractivity contribution < 1.29 is 14.3 Å². The molecule has 0 aromatic heterocycles. The molecule has 1 aromatic rings. The summed E-state index contributed by atoms with van der Waals surface area (Å²) in [6, 6.07) is 5.87. The largest absolute Gasteiger partial charge is 0.454 e. The van der Waals surface area contributed by atoms with E-state index in [0.29, 0.717) is 19.9 Å². The third kappa shape index (κ3) is 5.17. The molecule has 21 heavy (non-hydrogen) atoms. The Morgan fingerprint density at radius 2 is 1.95 bits per heavy atom. The molecule has 0 fully saturated rings. The van der Waals surface area contributed by atoms with E-state index in [1.807, 2.05) is 18.2 Å². The minimum absolute atomic E-state index is 0.101. The van der Waals surface area contributed by atoms with Crippen molar-refractivity contribution in [3.8, 4) is 11.5 Å². The highest BCUT2D eigenvalue weighted by atomic mass is 16.7. The highest BCUT2D eigenvalue weighted by Gasteiger charge is 2.13. The van der Waals surface area contributed by atoms with E-state index in [2.05, 4.69) is 31.4 Å². The van der Waals surface area contributed by atoms with E-state index in [-0.39, 0.29) is 11.4 Å². The van der Waals surface area contributed by atoms with Crippen molar-refractivity contribution in [2.24, 2.45) is 5.41 Å². The number of hydrogen-bond donors (Lipinski definition) is 2. The fraction of sp³-hybridized carbons (Fsp3) is 0.562.